The SMILES string of the molecule is COCCC(C)(C)CNc1nc(N)nc2sccc12. The van der Waals surface area contributed by atoms with E-state index in [1.54, 1.807) is 18.4 Å². The number of nitrogens with two attached hydrogens (primary N) is 1. The van der Waals surface area contributed by atoms with Gasteiger partial charge in [-0.1, -0.05) is 13.8 Å². The molecule has 19 heavy (non-hydrogen) atoms. The molecule has 0 saturated carbocycles. The van der Waals surface area contributed by atoms with Gasteiger partial charge in [0.1, 0.15) is 10.6 Å². The Labute approximate surface area is 117 Å². The van der Waals surface area contributed by atoms with Crippen molar-refractivity contribution >= 4 is 33.3 Å². The first-order valence-electron chi connectivity index (χ1n) is 6.25. The molecule has 0 aromatic carbocycles. The molecule has 2 aromatic rings. The summed E-state index contributed by atoms with van der Waals surface area (Å²) >= 11 is 1.57. The van der Waals surface area contributed by atoms with Crippen LogP contribution in [0.3, 0.4) is 0 Å². The third-order valence-electron chi connectivity index (χ3n) is 3.06. The monoisotopic (exact) mass is 280 g/mol. The molecular formula is C13H20N4OS. The average Bonchev–Trinajstić information content (AvgIpc) is 2.81. The normalized spacial score (nSPS) is 11.9. The Balaban J connectivity index is 2.11. The van der Waals surface area contributed by atoms with Crippen LogP contribution >= 0.6 is 11.3 Å². The van der Waals surface area contributed by atoms with Crippen molar-refractivity contribution in [1.29, 1.82) is 0 Å². The fourth-order valence-corrected chi connectivity index (χ4v) is 2.57. The predicted octanol–water partition coefficient (Wildman–Crippen LogP) is 2.75. The summed E-state index contributed by atoms with van der Waals surface area (Å²) < 4.78 is 5.13. The average molecular weight is 280 g/mol. The Morgan fingerprint density at radius 1 is 1.42 bits per heavy atom. The number of rotatable bonds is 6. The topological polar surface area (TPSA) is 73.1 Å². The number of aromatic nitrogens is 2. The molecule has 0 atom stereocenters. The van der Waals surface area contributed by atoms with E-state index in [-0.39, 0.29) is 5.41 Å². The summed E-state index contributed by atoms with van der Waals surface area (Å²) in [4.78, 5) is 9.42. The number of nitrogens with zero attached hydrogens (tertiary/aromatic N) is 2. The van der Waals surface area contributed by atoms with Crippen LogP contribution < -0.4 is 11.1 Å². The Bertz CT molecular complexity index is 553. The maximum atomic E-state index is 5.73. The number of anilines is 2. The number of hydrogen-bond acceptors (Lipinski definition) is 6. The minimum absolute atomic E-state index is 0.137. The second-order valence-corrected chi connectivity index (χ2v) is 6.22. The van der Waals surface area contributed by atoms with E-state index in [1.165, 1.54) is 0 Å². The van der Waals surface area contributed by atoms with Gasteiger partial charge in [-0.05, 0) is 23.3 Å². The number of nitrogens with one attached hydrogen (secondary N) is 1. The molecule has 6 heteroatoms. The number of nitrogen functional groups attached to an aromatic ring is 1. The first-order valence-corrected chi connectivity index (χ1v) is 7.13. The van der Waals surface area contributed by atoms with Crippen LogP contribution in [0.2, 0.25) is 0 Å². The lowest BCUT2D eigenvalue weighted by molar-refractivity contribution is 0.157. The van der Waals surface area contributed by atoms with E-state index in [9.17, 15) is 0 Å². The Hall–Kier alpha value is -1.40. The molecule has 0 unspecified atom stereocenters. The highest BCUT2D eigenvalue weighted by Crippen LogP contribution is 2.27. The lowest BCUT2D eigenvalue weighted by Crippen LogP contribution is -2.25. The number of thiophene rings is 1. The van der Waals surface area contributed by atoms with Crippen LogP contribution in [0.15, 0.2) is 11.4 Å². The first kappa shape index (κ1) is 14.0. The van der Waals surface area contributed by atoms with Crippen molar-refractivity contribution < 1.29 is 4.74 Å². The zero-order valence-corrected chi connectivity index (χ0v) is 12.4. The van der Waals surface area contributed by atoms with Gasteiger partial charge < -0.3 is 15.8 Å². The summed E-state index contributed by atoms with van der Waals surface area (Å²) in [5, 5.41) is 6.41. The molecule has 0 amide bonds. The smallest absolute Gasteiger partial charge is 0.223 e. The van der Waals surface area contributed by atoms with Crippen LogP contribution in [0.5, 0.6) is 0 Å². The summed E-state index contributed by atoms with van der Waals surface area (Å²) in [6.07, 6.45) is 0.990. The molecule has 0 radical (unpaired) electrons. The van der Waals surface area contributed by atoms with Crippen molar-refractivity contribution in [2.24, 2.45) is 5.41 Å². The van der Waals surface area contributed by atoms with Crippen molar-refractivity contribution in [1.82, 2.24) is 9.97 Å². The highest BCUT2D eigenvalue weighted by Gasteiger charge is 2.18. The number of hydrogen-bond donors (Lipinski definition) is 2. The molecule has 0 aliphatic rings. The predicted molar refractivity (Wildman–Crippen MR) is 80.6 cm³/mol. The van der Waals surface area contributed by atoms with Crippen molar-refractivity contribution in [2.75, 3.05) is 31.3 Å². The van der Waals surface area contributed by atoms with Gasteiger partial charge in [0.05, 0.1) is 5.39 Å². The molecule has 0 saturated heterocycles. The first-order chi connectivity index (χ1) is 9.02. The third kappa shape index (κ3) is 3.54. The minimum Gasteiger partial charge on any atom is -0.385 e. The minimum atomic E-state index is 0.137. The molecule has 0 aliphatic heterocycles. The Morgan fingerprint density at radius 2 is 2.21 bits per heavy atom. The van der Waals surface area contributed by atoms with Crippen LogP contribution in [0, 0.1) is 5.41 Å². The second-order valence-electron chi connectivity index (χ2n) is 5.33. The molecule has 104 valence electrons. The molecule has 0 bridgehead atoms. The van der Waals surface area contributed by atoms with E-state index in [4.69, 9.17) is 10.5 Å². The van der Waals surface area contributed by atoms with E-state index in [0.717, 1.165) is 35.6 Å². The molecular weight excluding hydrogens is 260 g/mol. The Kier molecular flexibility index (Phi) is 4.21. The zero-order chi connectivity index (χ0) is 13.9. The van der Waals surface area contributed by atoms with Gasteiger partial charge in [-0.2, -0.15) is 4.98 Å². The van der Waals surface area contributed by atoms with Crippen LogP contribution in [0.25, 0.3) is 10.2 Å². The Morgan fingerprint density at radius 3 is 2.95 bits per heavy atom. The van der Waals surface area contributed by atoms with Crippen molar-refractivity contribution in [3.05, 3.63) is 11.4 Å². The van der Waals surface area contributed by atoms with Crippen LogP contribution in [0.4, 0.5) is 11.8 Å². The molecule has 3 N–H and O–H groups in total. The molecule has 2 aromatic heterocycles. The van der Waals surface area contributed by atoms with Crippen LogP contribution in [0.1, 0.15) is 20.3 Å². The van der Waals surface area contributed by atoms with Gasteiger partial charge in [0.15, 0.2) is 0 Å². The van der Waals surface area contributed by atoms with Crippen LogP contribution in [-0.2, 0) is 4.74 Å². The summed E-state index contributed by atoms with van der Waals surface area (Å²) in [5.41, 5.74) is 5.86. The lowest BCUT2D eigenvalue weighted by Gasteiger charge is -2.25. The molecule has 2 heterocycles. The van der Waals surface area contributed by atoms with Gasteiger partial charge >= 0.3 is 0 Å². The van der Waals surface area contributed by atoms with E-state index in [1.807, 2.05) is 11.4 Å². The van der Waals surface area contributed by atoms with Gasteiger partial charge in [-0.25, -0.2) is 4.98 Å². The molecule has 5 nitrogen and oxygen atoms in total. The van der Waals surface area contributed by atoms with Crippen molar-refractivity contribution in [3.63, 3.8) is 0 Å². The number of ether oxygens (including phenoxy) is 1. The molecule has 0 fully saturated rings. The molecule has 0 aliphatic carbocycles. The van der Waals surface area contributed by atoms with Crippen molar-refractivity contribution in [2.45, 2.75) is 20.3 Å². The number of methoxy groups -OCH3 is 1. The molecule has 0 spiro atoms. The number of fused-ring (bicyclic) bond motifs is 1. The maximum absolute atomic E-state index is 5.73. The van der Waals surface area contributed by atoms with E-state index in [0.29, 0.717) is 5.95 Å². The second kappa shape index (κ2) is 5.71. The van der Waals surface area contributed by atoms with Crippen molar-refractivity contribution in [3.8, 4) is 0 Å². The maximum Gasteiger partial charge on any atom is 0.223 e. The van der Waals surface area contributed by atoms with E-state index >= 15 is 0 Å². The van der Waals surface area contributed by atoms with Gasteiger partial charge in [0, 0.05) is 20.3 Å². The summed E-state index contributed by atoms with van der Waals surface area (Å²) in [6, 6.07) is 2.02. The highest BCUT2D eigenvalue weighted by atomic mass is 32.1. The fourth-order valence-electron chi connectivity index (χ4n) is 1.80. The fraction of sp³-hybridized carbons (Fsp3) is 0.538. The van der Waals surface area contributed by atoms with Gasteiger partial charge in [-0.15, -0.1) is 11.3 Å². The summed E-state index contributed by atoms with van der Waals surface area (Å²) in [6.45, 7) is 5.98. The largest absolute Gasteiger partial charge is 0.385 e. The summed E-state index contributed by atoms with van der Waals surface area (Å²) in [5.74, 6) is 1.13. The van der Waals surface area contributed by atoms with E-state index in [2.05, 4.69) is 29.1 Å². The molecule has 2 rings (SSSR count). The van der Waals surface area contributed by atoms with Gasteiger partial charge in [0.2, 0.25) is 5.95 Å². The quantitative estimate of drug-likeness (QED) is 0.851. The zero-order valence-electron chi connectivity index (χ0n) is 11.6. The van der Waals surface area contributed by atoms with Gasteiger partial charge in [0.25, 0.3) is 0 Å². The standard InChI is InChI=1S/C13H20N4OS/c1-13(2,5-6-18-3)8-15-10-9-4-7-19-11(9)17-12(14)16-10/h4,7H,5-6,8H2,1-3H3,(H3,14,15,16,17). The van der Waals surface area contributed by atoms with Crippen LogP contribution in [-0.4, -0.2) is 30.2 Å². The highest BCUT2D eigenvalue weighted by molar-refractivity contribution is 7.16. The lowest BCUT2D eigenvalue weighted by atomic mass is 9.90. The van der Waals surface area contributed by atoms with Gasteiger partial charge in [-0.3, -0.25) is 0 Å². The summed E-state index contributed by atoms with van der Waals surface area (Å²) in [7, 11) is 1.73. The third-order valence-corrected chi connectivity index (χ3v) is 3.87. The van der Waals surface area contributed by atoms with E-state index < -0.39 is 0 Å².